The Morgan fingerprint density at radius 3 is 3.00 bits per heavy atom. The molecular formula is C11H17N3O. The summed E-state index contributed by atoms with van der Waals surface area (Å²) in [6.45, 7) is 0. The number of ether oxygens (including phenoxy) is 1. The van der Waals surface area contributed by atoms with E-state index < -0.39 is 0 Å². The maximum atomic E-state index is 5.52. The second-order valence-electron chi connectivity index (χ2n) is 3.93. The topological polar surface area (TPSA) is 60.2 Å². The Labute approximate surface area is 89.8 Å². The minimum atomic E-state index is 0.322. The number of nitrogens with zero attached hydrogens (tertiary/aromatic N) is 1. The second-order valence-corrected chi connectivity index (χ2v) is 3.93. The summed E-state index contributed by atoms with van der Waals surface area (Å²) in [6, 6.07) is 4.16. The first-order valence-corrected chi connectivity index (χ1v) is 5.30. The van der Waals surface area contributed by atoms with Crippen molar-refractivity contribution in [2.24, 2.45) is 0 Å². The summed E-state index contributed by atoms with van der Waals surface area (Å²) in [7, 11) is 1.77. The van der Waals surface area contributed by atoms with Crippen LogP contribution in [0.15, 0.2) is 18.3 Å². The van der Waals surface area contributed by atoms with Gasteiger partial charge in [0.05, 0.1) is 24.0 Å². The van der Waals surface area contributed by atoms with Gasteiger partial charge in [0.15, 0.2) is 0 Å². The summed E-state index contributed by atoms with van der Waals surface area (Å²) >= 11 is 0. The zero-order valence-electron chi connectivity index (χ0n) is 8.94. The number of hydrogen-bond acceptors (Lipinski definition) is 4. The van der Waals surface area contributed by atoms with E-state index in [0.717, 1.165) is 18.5 Å². The first-order chi connectivity index (χ1) is 7.29. The zero-order chi connectivity index (χ0) is 10.7. The van der Waals surface area contributed by atoms with Crippen molar-refractivity contribution in [1.29, 1.82) is 0 Å². The molecule has 0 aliphatic heterocycles. The van der Waals surface area contributed by atoms with E-state index in [1.165, 1.54) is 6.42 Å². The molecule has 2 unspecified atom stereocenters. The Balaban J connectivity index is 1.99. The zero-order valence-corrected chi connectivity index (χ0v) is 8.94. The Hall–Kier alpha value is -1.29. The molecule has 0 saturated heterocycles. The number of nitrogen functional groups attached to an aromatic ring is 1. The highest BCUT2D eigenvalue weighted by molar-refractivity contribution is 5.46. The van der Waals surface area contributed by atoms with Crippen molar-refractivity contribution in [2.45, 2.75) is 31.4 Å². The van der Waals surface area contributed by atoms with Crippen LogP contribution < -0.4 is 11.1 Å². The lowest BCUT2D eigenvalue weighted by Gasteiger charge is -2.20. The SMILES string of the molecule is COC1CCCC1Nc1ccc(N)nc1. The molecule has 0 amide bonds. The smallest absolute Gasteiger partial charge is 0.123 e. The predicted molar refractivity (Wildman–Crippen MR) is 60.7 cm³/mol. The van der Waals surface area contributed by atoms with Crippen molar-refractivity contribution < 1.29 is 4.74 Å². The average molecular weight is 207 g/mol. The van der Waals surface area contributed by atoms with Gasteiger partial charge < -0.3 is 15.8 Å². The number of pyridine rings is 1. The van der Waals surface area contributed by atoms with Crippen molar-refractivity contribution in [3.63, 3.8) is 0 Å². The van der Waals surface area contributed by atoms with Crippen LogP contribution in [0.3, 0.4) is 0 Å². The number of hydrogen-bond donors (Lipinski definition) is 2. The minimum Gasteiger partial charge on any atom is -0.384 e. The monoisotopic (exact) mass is 207 g/mol. The standard InChI is InChI=1S/C11H17N3O/c1-15-10-4-2-3-9(10)14-8-5-6-11(12)13-7-8/h5-7,9-10,14H,2-4H2,1H3,(H2,12,13). The Morgan fingerprint density at radius 1 is 1.47 bits per heavy atom. The van der Waals surface area contributed by atoms with E-state index in [1.807, 2.05) is 6.07 Å². The van der Waals surface area contributed by atoms with Crippen LogP contribution in [-0.2, 0) is 4.74 Å². The maximum absolute atomic E-state index is 5.52. The lowest BCUT2D eigenvalue weighted by Crippen LogP contribution is -2.29. The van der Waals surface area contributed by atoms with E-state index in [-0.39, 0.29) is 0 Å². The van der Waals surface area contributed by atoms with Crippen LogP contribution in [0.4, 0.5) is 11.5 Å². The fourth-order valence-electron chi connectivity index (χ4n) is 2.08. The first kappa shape index (κ1) is 10.2. The quantitative estimate of drug-likeness (QED) is 0.791. The van der Waals surface area contributed by atoms with Crippen LogP contribution in [0.1, 0.15) is 19.3 Å². The highest BCUT2D eigenvalue weighted by Gasteiger charge is 2.26. The molecule has 0 spiro atoms. The molecule has 1 heterocycles. The molecule has 2 atom stereocenters. The normalized spacial score (nSPS) is 25.4. The molecule has 15 heavy (non-hydrogen) atoms. The molecule has 1 fully saturated rings. The van der Waals surface area contributed by atoms with Crippen molar-refractivity contribution in [1.82, 2.24) is 4.98 Å². The van der Waals surface area contributed by atoms with Gasteiger partial charge in [0, 0.05) is 7.11 Å². The summed E-state index contributed by atoms with van der Waals surface area (Å²) in [5, 5.41) is 3.43. The first-order valence-electron chi connectivity index (χ1n) is 5.30. The maximum Gasteiger partial charge on any atom is 0.123 e. The van der Waals surface area contributed by atoms with Crippen molar-refractivity contribution in [2.75, 3.05) is 18.2 Å². The van der Waals surface area contributed by atoms with Gasteiger partial charge in [-0.25, -0.2) is 4.98 Å². The molecule has 3 N–H and O–H groups in total. The molecule has 4 heteroatoms. The molecule has 82 valence electrons. The molecule has 4 nitrogen and oxygen atoms in total. The van der Waals surface area contributed by atoms with E-state index in [9.17, 15) is 0 Å². The third-order valence-electron chi connectivity index (χ3n) is 2.89. The largest absolute Gasteiger partial charge is 0.384 e. The van der Waals surface area contributed by atoms with E-state index in [4.69, 9.17) is 10.5 Å². The Bertz CT molecular complexity index is 312. The predicted octanol–water partition coefficient (Wildman–Crippen LogP) is 1.64. The average Bonchev–Trinajstić information content (AvgIpc) is 2.69. The van der Waals surface area contributed by atoms with Gasteiger partial charge >= 0.3 is 0 Å². The van der Waals surface area contributed by atoms with Crippen LogP contribution in [-0.4, -0.2) is 24.2 Å². The number of anilines is 2. The van der Waals surface area contributed by atoms with Gasteiger partial charge in [0.1, 0.15) is 5.82 Å². The van der Waals surface area contributed by atoms with Crippen LogP contribution in [0.5, 0.6) is 0 Å². The van der Waals surface area contributed by atoms with E-state index >= 15 is 0 Å². The Morgan fingerprint density at radius 2 is 2.33 bits per heavy atom. The van der Waals surface area contributed by atoms with Crippen molar-refractivity contribution in [3.05, 3.63) is 18.3 Å². The molecule has 1 aromatic heterocycles. The van der Waals surface area contributed by atoms with E-state index in [2.05, 4.69) is 10.3 Å². The molecule has 0 radical (unpaired) electrons. The number of rotatable bonds is 3. The van der Waals surface area contributed by atoms with Crippen molar-refractivity contribution >= 4 is 11.5 Å². The molecule has 0 aromatic carbocycles. The van der Waals surface area contributed by atoms with Gasteiger partial charge in [-0.05, 0) is 31.4 Å². The number of nitrogens with two attached hydrogens (primary N) is 1. The summed E-state index contributed by atoms with van der Waals surface area (Å²) in [6.07, 6.45) is 5.60. The number of nitrogens with one attached hydrogen (secondary N) is 1. The van der Waals surface area contributed by atoms with Crippen LogP contribution in [0, 0.1) is 0 Å². The molecule has 1 aliphatic carbocycles. The van der Waals surface area contributed by atoms with Crippen LogP contribution >= 0.6 is 0 Å². The summed E-state index contributed by atoms with van der Waals surface area (Å²) in [4.78, 5) is 4.05. The molecule has 2 rings (SSSR count). The highest BCUT2D eigenvalue weighted by atomic mass is 16.5. The molecule has 1 aromatic rings. The molecule has 0 bridgehead atoms. The number of aromatic nitrogens is 1. The summed E-state index contributed by atoms with van der Waals surface area (Å²) in [5.74, 6) is 0.551. The van der Waals surface area contributed by atoms with E-state index in [0.29, 0.717) is 18.0 Å². The molecule has 1 aliphatic rings. The van der Waals surface area contributed by atoms with Gasteiger partial charge in [-0.1, -0.05) is 0 Å². The Kier molecular flexibility index (Phi) is 3.06. The summed E-state index contributed by atoms with van der Waals surface area (Å²) in [5.41, 5.74) is 6.54. The van der Waals surface area contributed by atoms with Gasteiger partial charge in [-0.15, -0.1) is 0 Å². The molecular weight excluding hydrogens is 190 g/mol. The van der Waals surface area contributed by atoms with Crippen LogP contribution in [0.25, 0.3) is 0 Å². The molecule has 1 saturated carbocycles. The van der Waals surface area contributed by atoms with E-state index in [1.54, 1.807) is 19.4 Å². The second kappa shape index (κ2) is 4.49. The third-order valence-corrected chi connectivity index (χ3v) is 2.89. The minimum absolute atomic E-state index is 0.322. The van der Waals surface area contributed by atoms with Gasteiger partial charge in [0.25, 0.3) is 0 Å². The van der Waals surface area contributed by atoms with Gasteiger partial charge in [-0.3, -0.25) is 0 Å². The fourth-order valence-corrected chi connectivity index (χ4v) is 2.08. The summed E-state index contributed by atoms with van der Waals surface area (Å²) < 4.78 is 5.41. The lowest BCUT2D eigenvalue weighted by molar-refractivity contribution is 0.101. The fraction of sp³-hybridized carbons (Fsp3) is 0.545. The van der Waals surface area contributed by atoms with Gasteiger partial charge in [-0.2, -0.15) is 0 Å². The van der Waals surface area contributed by atoms with Crippen molar-refractivity contribution in [3.8, 4) is 0 Å². The van der Waals surface area contributed by atoms with Gasteiger partial charge in [0.2, 0.25) is 0 Å². The lowest BCUT2D eigenvalue weighted by atomic mass is 10.2. The number of methoxy groups -OCH3 is 1. The van der Waals surface area contributed by atoms with Crippen LogP contribution in [0.2, 0.25) is 0 Å². The third kappa shape index (κ3) is 2.39. The highest BCUT2D eigenvalue weighted by Crippen LogP contribution is 2.24.